The van der Waals surface area contributed by atoms with Gasteiger partial charge < -0.3 is 5.32 Å². The molecular formula is C21H13Br2N3O2S. The van der Waals surface area contributed by atoms with Gasteiger partial charge in [0, 0.05) is 25.8 Å². The van der Waals surface area contributed by atoms with Crippen molar-refractivity contribution < 1.29 is 9.59 Å². The minimum atomic E-state index is -0.222. The summed E-state index contributed by atoms with van der Waals surface area (Å²) in [5, 5.41) is 6.21. The lowest BCUT2D eigenvalue weighted by Gasteiger charge is -2.05. The Hall–Kier alpha value is -2.55. The van der Waals surface area contributed by atoms with Crippen LogP contribution in [0.2, 0.25) is 0 Å². The second-order valence-corrected chi connectivity index (χ2v) is 8.99. The highest BCUT2D eigenvalue weighted by molar-refractivity contribution is 9.10. The summed E-state index contributed by atoms with van der Waals surface area (Å²) in [5.74, 6) is -0.412. The number of anilines is 2. The molecular weight excluding hydrogens is 518 g/mol. The number of benzene rings is 3. The summed E-state index contributed by atoms with van der Waals surface area (Å²) < 4.78 is 2.69. The molecule has 0 bridgehead atoms. The van der Waals surface area contributed by atoms with Crippen LogP contribution < -0.4 is 10.6 Å². The molecule has 0 aliphatic rings. The molecule has 0 saturated heterocycles. The lowest BCUT2D eigenvalue weighted by molar-refractivity contribution is 0.101. The van der Waals surface area contributed by atoms with Crippen molar-refractivity contribution in [3.05, 3.63) is 86.8 Å². The van der Waals surface area contributed by atoms with Gasteiger partial charge in [-0.2, -0.15) is 0 Å². The van der Waals surface area contributed by atoms with Crippen molar-refractivity contribution >= 4 is 76.0 Å². The maximum Gasteiger partial charge on any atom is 0.257 e. The number of carbonyl (C=O) groups is 2. The molecule has 5 nitrogen and oxygen atoms in total. The van der Waals surface area contributed by atoms with E-state index in [9.17, 15) is 9.59 Å². The molecule has 8 heteroatoms. The Labute approximate surface area is 187 Å². The maximum absolute atomic E-state index is 12.4. The number of rotatable bonds is 4. The first-order valence-electron chi connectivity index (χ1n) is 8.52. The average Bonchev–Trinajstić information content (AvgIpc) is 3.10. The van der Waals surface area contributed by atoms with Crippen LogP contribution in [0.5, 0.6) is 0 Å². The van der Waals surface area contributed by atoms with Crippen molar-refractivity contribution in [1.82, 2.24) is 4.98 Å². The molecule has 0 radical (unpaired) electrons. The molecule has 1 aromatic heterocycles. The van der Waals surface area contributed by atoms with Crippen LogP contribution >= 0.6 is 43.2 Å². The van der Waals surface area contributed by atoms with Gasteiger partial charge in [-0.25, -0.2) is 4.98 Å². The molecule has 2 N–H and O–H groups in total. The number of nitrogens with one attached hydrogen (secondary N) is 2. The molecule has 0 fully saturated rings. The standard InChI is InChI=1S/C21H13Br2N3O2S/c22-14-5-1-12(2-6-14)19(27)24-16-9-10-17-18(11-16)29-21(25-17)26-20(28)13-3-7-15(23)8-4-13/h1-11H,(H,24,27)(H,25,26,28). The molecule has 0 unspecified atom stereocenters. The lowest BCUT2D eigenvalue weighted by atomic mass is 10.2. The van der Waals surface area contributed by atoms with Crippen molar-refractivity contribution in [2.24, 2.45) is 0 Å². The highest BCUT2D eigenvalue weighted by atomic mass is 79.9. The van der Waals surface area contributed by atoms with E-state index in [-0.39, 0.29) is 11.8 Å². The zero-order chi connectivity index (χ0) is 20.4. The summed E-state index contributed by atoms with van der Waals surface area (Å²) in [6.07, 6.45) is 0. The van der Waals surface area contributed by atoms with E-state index in [0.717, 1.165) is 19.2 Å². The summed E-state index contributed by atoms with van der Waals surface area (Å²) in [5.41, 5.74) is 2.54. The number of halogens is 2. The predicted octanol–water partition coefficient (Wildman–Crippen LogP) is 6.33. The lowest BCUT2D eigenvalue weighted by Crippen LogP contribution is -2.11. The van der Waals surface area contributed by atoms with Gasteiger partial charge in [0.15, 0.2) is 5.13 Å². The topological polar surface area (TPSA) is 71.1 Å². The molecule has 3 aromatic carbocycles. The van der Waals surface area contributed by atoms with E-state index in [0.29, 0.717) is 21.9 Å². The third-order valence-electron chi connectivity index (χ3n) is 4.08. The van der Waals surface area contributed by atoms with Crippen molar-refractivity contribution in [2.45, 2.75) is 0 Å². The van der Waals surface area contributed by atoms with Gasteiger partial charge >= 0.3 is 0 Å². The minimum absolute atomic E-state index is 0.190. The Morgan fingerprint density at radius 3 is 1.90 bits per heavy atom. The molecule has 4 aromatic rings. The first-order valence-corrected chi connectivity index (χ1v) is 10.9. The summed E-state index contributed by atoms with van der Waals surface area (Å²) in [4.78, 5) is 29.2. The van der Waals surface area contributed by atoms with Gasteiger partial charge in [-0.3, -0.25) is 14.9 Å². The molecule has 29 heavy (non-hydrogen) atoms. The van der Waals surface area contributed by atoms with E-state index in [1.54, 1.807) is 30.3 Å². The van der Waals surface area contributed by atoms with Crippen molar-refractivity contribution in [2.75, 3.05) is 10.6 Å². The maximum atomic E-state index is 12.4. The van der Waals surface area contributed by atoms with Crippen molar-refractivity contribution in [3.8, 4) is 0 Å². The van der Waals surface area contributed by atoms with E-state index in [1.807, 2.05) is 36.4 Å². The zero-order valence-electron chi connectivity index (χ0n) is 14.8. The summed E-state index contributed by atoms with van der Waals surface area (Å²) in [6.45, 7) is 0. The van der Waals surface area contributed by atoms with Crippen LogP contribution in [0.25, 0.3) is 10.2 Å². The van der Waals surface area contributed by atoms with Crippen LogP contribution in [-0.2, 0) is 0 Å². The van der Waals surface area contributed by atoms with E-state index < -0.39 is 0 Å². The monoisotopic (exact) mass is 529 g/mol. The summed E-state index contributed by atoms with van der Waals surface area (Å²) in [6, 6.07) is 19.7. The summed E-state index contributed by atoms with van der Waals surface area (Å²) >= 11 is 8.06. The average molecular weight is 531 g/mol. The van der Waals surface area contributed by atoms with Gasteiger partial charge in [0.2, 0.25) is 0 Å². The number of nitrogens with zero attached hydrogens (tertiary/aromatic N) is 1. The molecule has 0 saturated carbocycles. The predicted molar refractivity (Wildman–Crippen MR) is 124 cm³/mol. The molecule has 144 valence electrons. The van der Waals surface area contributed by atoms with E-state index >= 15 is 0 Å². The second kappa shape index (κ2) is 8.44. The van der Waals surface area contributed by atoms with Crippen LogP contribution in [0.3, 0.4) is 0 Å². The van der Waals surface area contributed by atoms with Gasteiger partial charge in [-0.05, 0) is 66.7 Å². The van der Waals surface area contributed by atoms with E-state index in [1.165, 1.54) is 11.3 Å². The Kier molecular flexibility index (Phi) is 5.75. The normalized spacial score (nSPS) is 10.7. The van der Waals surface area contributed by atoms with Gasteiger partial charge in [-0.1, -0.05) is 43.2 Å². The zero-order valence-corrected chi connectivity index (χ0v) is 18.8. The molecule has 0 aliphatic heterocycles. The number of aromatic nitrogens is 1. The number of hydrogen-bond donors (Lipinski definition) is 2. The molecule has 2 amide bonds. The molecule has 4 rings (SSSR count). The van der Waals surface area contributed by atoms with Crippen LogP contribution in [0.15, 0.2) is 75.7 Å². The number of carbonyl (C=O) groups excluding carboxylic acids is 2. The third kappa shape index (κ3) is 4.72. The third-order valence-corrected chi connectivity index (χ3v) is 6.07. The smallest absolute Gasteiger partial charge is 0.257 e. The second-order valence-electron chi connectivity index (χ2n) is 6.12. The Balaban J connectivity index is 1.50. The Morgan fingerprint density at radius 2 is 1.31 bits per heavy atom. The SMILES string of the molecule is O=C(Nc1ccc2nc(NC(=O)c3ccc(Br)cc3)sc2c1)c1ccc(Br)cc1. The highest BCUT2D eigenvalue weighted by Gasteiger charge is 2.11. The minimum Gasteiger partial charge on any atom is -0.322 e. The van der Waals surface area contributed by atoms with Gasteiger partial charge in [0.25, 0.3) is 11.8 Å². The van der Waals surface area contributed by atoms with Crippen molar-refractivity contribution in [3.63, 3.8) is 0 Å². The van der Waals surface area contributed by atoms with Crippen LogP contribution in [-0.4, -0.2) is 16.8 Å². The quantitative estimate of drug-likeness (QED) is 0.324. The van der Waals surface area contributed by atoms with Gasteiger partial charge in [-0.15, -0.1) is 0 Å². The van der Waals surface area contributed by atoms with Gasteiger partial charge in [0.05, 0.1) is 10.2 Å². The van der Waals surface area contributed by atoms with Crippen LogP contribution in [0.4, 0.5) is 10.8 Å². The molecule has 1 heterocycles. The first kappa shape index (κ1) is 19.8. The molecule has 0 aliphatic carbocycles. The van der Waals surface area contributed by atoms with E-state index in [2.05, 4.69) is 47.5 Å². The number of amides is 2. The van der Waals surface area contributed by atoms with Crippen LogP contribution in [0, 0.1) is 0 Å². The number of fused-ring (bicyclic) bond motifs is 1. The molecule has 0 spiro atoms. The summed E-state index contributed by atoms with van der Waals surface area (Å²) in [7, 11) is 0. The Morgan fingerprint density at radius 1 is 0.759 bits per heavy atom. The largest absolute Gasteiger partial charge is 0.322 e. The molecule has 0 atom stereocenters. The van der Waals surface area contributed by atoms with E-state index in [4.69, 9.17) is 0 Å². The van der Waals surface area contributed by atoms with Gasteiger partial charge in [0.1, 0.15) is 0 Å². The Bertz CT molecular complexity index is 1150. The van der Waals surface area contributed by atoms with Crippen molar-refractivity contribution in [1.29, 1.82) is 0 Å². The number of thiazole rings is 1. The fourth-order valence-corrected chi connectivity index (χ4v) is 4.06. The highest BCUT2D eigenvalue weighted by Crippen LogP contribution is 2.29. The number of hydrogen-bond acceptors (Lipinski definition) is 4. The van der Waals surface area contributed by atoms with Crippen LogP contribution in [0.1, 0.15) is 20.7 Å². The first-order chi connectivity index (χ1) is 14.0. The fourth-order valence-electron chi connectivity index (χ4n) is 2.63. The fraction of sp³-hybridized carbons (Fsp3) is 0.